The van der Waals surface area contributed by atoms with E-state index in [1.807, 2.05) is 0 Å². The molecule has 0 fully saturated rings. The molecule has 2 aliphatic carbocycles. The molecule has 0 N–H and O–H groups in total. The van der Waals surface area contributed by atoms with E-state index in [1.165, 1.54) is 66.9 Å². The van der Waals surface area contributed by atoms with Crippen LogP contribution in [-0.2, 0) is 10.8 Å². The number of nitrogens with zero attached hydrogens (tertiary/aromatic N) is 1. The van der Waals surface area contributed by atoms with E-state index in [-0.39, 0.29) is 5.41 Å². The molecule has 14 rings (SSSR count). The fourth-order valence-corrected chi connectivity index (χ4v) is 11.7. The van der Waals surface area contributed by atoms with Crippen LogP contribution in [0.1, 0.15) is 45.9 Å². The van der Waals surface area contributed by atoms with Gasteiger partial charge in [0.15, 0.2) is 0 Å². The fraction of sp³-hybridized carbons (Fsp3) is 0.0526. The van der Waals surface area contributed by atoms with Crippen LogP contribution in [0.4, 0.5) is 17.1 Å². The molecule has 0 spiro atoms. The molecule has 0 amide bonds. The fourth-order valence-electron chi connectivity index (χ4n) is 11.7. The van der Waals surface area contributed by atoms with Crippen LogP contribution in [0.3, 0.4) is 0 Å². The Morgan fingerprint density at radius 2 is 0.967 bits per heavy atom. The lowest BCUT2D eigenvalue weighted by molar-refractivity contribution is 0.660. The van der Waals surface area contributed by atoms with Crippen molar-refractivity contribution in [2.24, 2.45) is 0 Å². The SMILES string of the molecule is CC12c3ccccc3-c3cccc(c31)N(c1cccc3oc4cc(C5(c6ccccc6)c6ccccc6-c6ccccc65)ccc4c13)c1cc3c(cc12)oc1ccccc13. The minimum atomic E-state index is -0.515. The first-order valence-electron chi connectivity index (χ1n) is 20.8. The second-order valence-electron chi connectivity index (χ2n) is 16.8. The standard InChI is InChI=1S/C57H35NO2/c1-56-43-22-9-5-19-38(43)40-21-13-26-48(55(40)56)58(49-32-42-39-20-8-12-27-50(39)59-53(42)33-46(49)56)47-25-14-28-51-54(47)41-30-29-35(31-52(41)60-51)57(34-15-3-2-4-16-34)44-23-10-6-17-36(44)37-18-7-11-24-45(37)57/h2-33H,1H3. The van der Waals surface area contributed by atoms with Gasteiger partial charge in [-0.05, 0) is 111 Å². The summed E-state index contributed by atoms with van der Waals surface area (Å²) in [6.45, 7) is 2.41. The Hall–Kier alpha value is -7.62. The highest BCUT2D eigenvalue weighted by atomic mass is 16.3. The normalized spacial score (nSPS) is 16.6. The van der Waals surface area contributed by atoms with Crippen molar-refractivity contribution in [3.8, 4) is 22.3 Å². The molecule has 11 aromatic rings. The highest BCUT2D eigenvalue weighted by molar-refractivity contribution is 6.16. The molecule has 280 valence electrons. The van der Waals surface area contributed by atoms with Crippen LogP contribution < -0.4 is 4.90 Å². The van der Waals surface area contributed by atoms with Gasteiger partial charge in [-0.25, -0.2) is 0 Å². The average Bonchev–Trinajstić information content (AvgIpc) is 4.03. The summed E-state index contributed by atoms with van der Waals surface area (Å²) in [6.07, 6.45) is 0. The minimum Gasteiger partial charge on any atom is -0.456 e. The van der Waals surface area contributed by atoms with E-state index < -0.39 is 5.41 Å². The van der Waals surface area contributed by atoms with Gasteiger partial charge in [-0.1, -0.05) is 152 Å². The molecule has 0 bridgehead atoms. The maximum Gasteiger partial charge on any atom is 0.137 e. The summed E-state index contributed by atoms with van der Waals surface area (Å²) in [5.41, 5.74) is 20.1. The van der Waals surface area contributed by atoms with Crippen LogP contribution >= 0.6 is 0 Å². The number of furan rings is 2. The first-order chi connectivity index (χ1) is 29.6. The molecule has 1 atom stereocenters. The molecule has 3 heteroatoms. The van der Waals surface area contributed by atoms with Crippen molar-refractivity contribution in [1.82, 2.24) is 0 Å². The van der Waals surface area contributed by atoms with Crippen molar-refractivity contribution in [2.75, 3.05) is 4.90 Å². The molecule has 3 nitrogen and oxygen atoms in total. The summed E-state index contributed by atoms with van der Waals surface area (Å²) in [5.74, 6) is 0. The predicted octanol–water partition coefficient (Wildman–Crippen LogP) is 15.0. The second kappa shape index (κ2) is 11.3. The van der Waals surface area contributed by atoms with Crippen LogP contribution in [0.2, 0.25) is 0 Å². The van der Waals surface area contributed by atoms with E-state index in [0.29, 0.717) is 0 Å². The van der Waals surface area contributed by atoms with Gasteiger partial charge in [0.1, 0.15) is 22.3 Å². The third kappa shape index (κ3) is 3.82. The van der Waals surface area contributed by atoms with Gasteiger partial charge in [0.25, 0.3) is 0 Å². The van der Waals surface area contributed by atoms with Gasteiger partial charge < -0.3 is 13.7 Å². The number of hydrogen-bond donors (Lipinski definition) is 0. The van der Waals surface area contributed by atoms with Gasteiger partial charge in [-0.2, -0.15) is 0 Å². The molecule has 0 saturated carbocycles. The molecule has 60 heavy (non-hydrogen) atoms. The van der Waals surface area contributed by atoms with Crippen LogP contribution in [0.5, 0.6) is 0 Å². The van der Waals surface area contributed by atoms with Gasteiger partial charge in [0, 0.05) is 21.6 Å². The highest BCUT2D eigenvalue weighted by Gasteiger charge is 2.49. The van der Waals surface area contributed by atoms with Crippen molar-refractivity contribution in [1.29, 1.82) is 0 Å². The van der Waals surface area contributed by atoms with E-state index in [4.69, 9.17) is 8.83 Å². The van der Waals surface area contributed by atoms with Crippen molar-refractivity contribution in [3.63, 3.8) is 0 Å². The number of anilines is 3. The number of para-hydroxylation sites is 1. The van der Waals surface area contributed by atoms with Crippen LogP contribution in [0, 0.1) is 0 Å². The number of rotatable bonds is 3. The largest absolute Gasteiger partial charge is 0.456 e. The van der Waals surface area contributed by atoms with E-state index in [0.717, 1.165) is 55.3 Å². The molecule has 2 aromatic heterocycles. The maximum atomic E-state index is 7.02. The smallest absolute Gasteiger partial charge is 0.137 e. The van der Waals surface area contributed by atoms with E-state index in [2.05, 4.69) is 206 Å². The molecule has 0 radical (unpaired) electrons. The summed E-state index contributed by atoms with van der Waals surface area (Å²) in [6, 6.07) is 71.1. The van der Waals surface area contributed by atoms with E-state index in [9.17, 15) is 0 Å². The molecule has 1 unspecified atom stereocenters. The zero-order valence-corrected chi connectivity index (χ0v) is 32.7. The number of fused-ring (bicyclic) bond motifs is 14. The molecule has 3 aliphatic rings. The average molecular weight is 766 g/mol. The first kappa shape index (κ1) is 32.3. The lowest BCUT2D eigenvalue weighted by Gasteiger charge is -2.42. The van der Waals surface area contributed by atoms with Crippen molar-refractivity contribution >= 4 is 60.9 Å². The number of benzene rings is 9. The predicted molar refractivity (Wildman–Crippen MR) is 244 cm³/mol. The second-order valence-corrected chi connectivity index (χ2v) is 16.8. The summed E-state index contributed by atoms with van der Waals surface area (Å²) in [7, 11) is 0. The van der Waals surface area contributed by atoms with Crippen LogP contribution in [0.25, 0.3) is 66.1 Å². The van der Waals surface area contributed by atoms with Crippen molar-refractivity contribution in [3.05, 3.63) is 233 Å². The summed E-state index contributed by atoms with van der Waals surface area (Å²) >= 11 is 0. The van der Waals surface area contributed by atoms with Gasteiger partial charge in [-0.15, -0.1) is 0 Å². The Morgan fingerprint density at radius 1 is 0.367 bits per heavy atom. The molecule has 9 aromatic carbocycles. The maximum absolute atomic E-state index is 7.02. The molecule has 1 aliphatic heterocycles. The van der Waals surface area contributed by atoms with E-state index in [1.54, 1.807) is 0 Å². The molecule has 3 heterocycles. The van der Waals surface area contributed by atoms with E-state index >= 15 is 0 Å². The summed E-state index contributed by atoms with van der Waals surface area (Å²) < 4.78 is 13.6. The Labute approximate surface area is 346 Å². The Balaban J connectivity index is 1.05. The molecule has 0 saturated heterocycles. The summed E-state index contributed by atoms with van der Waals surface area (Å²) in [5, 5.41) is 4.42. The highest BCUT2D eigenvalue weighted by Crippen LogP contribution is 2.64. The zero-order chi connectivity index (χ0) is 39.3. The molecular weight excluding hydrogens is 731 g/mol. The third-order valence-corrected chi connectivity index (χ3v) is 14.1. The van der Waals surface area contributed by atoms with Gasteiger partial charge in [0.2, 0.25) is 0 Å². The minimum absolute atomic E-state index is 0.387. The Kier molecular flexibility index (Phi) is 6.10. The van der Waals surface area contributed by atoms with Crippen LogP contribution in [0.15, 0.2) is 203 Å². The number of hydrogen-bond acceptors (Lipinski definition) is 3. The Morgan fingerprint density at radius 3 is 1.77 bits per heavy atom. The first-order valence-corrected chi connectivity index (χ1v) is 20.8. The van der Waals surface area contributed by atoms with Gasteiger partial charge in [-0.3, -0.25) is 0 Å². The zero-order valence-electron chi connectivity index (χ0n) is 32.7. The lowest BCUT2D eigenvalue weighted by Crippen LogP contribution is -2.32. The van der Waals surface area contributed by atoms with Gasteiger partial charge >= 0.3 is 0 Å². The van der Waals surface area contributed by atoms with Crippen molar-refractivity contribution in [2.45, 2.75) is 17.8 Å². The van der Waals surface area contributed by atoms with Crippen LogP contribution in [-0.4, -0.2) is 0 Å². The molecular formula is C57H35NO2. The summed E-state index contributed by atoms with van der Waals surface area (Å²) in [4.78, 5) is 2.50. The Bertz CT molecular complexity index is 3600. The third-order valence-electron chi connectivity index (χ3n) is 14.1. The monoisotopic (exact) mass is 765 g/mol. The topological polar surface area (TPSA) is 29.5 Å². The lowest BCUT2D eigenvalue weighted by atomic mass is 9.67. The quantitative estimate of drug-likeness (QED) is 0.179. The van der Waals surface area contributed by atoms with Gasteiger partial charge in [0.05, 0.1) is 27.9 Å². The van der Waals surface area contributed by atoms with Crippen molar-refractivity contribution < 1.29 is 8.83 Å².